The molecular formula is C17H16FN3. The molecule has 0 spiro atoms. The Bertz CT molecular complexity index is 718. The summed E-state index contributed by atoms with van der Waals surface area (Å²) in [7, 11) is 1.91. The molecule has 4 heteroatoms. The highest BCUT2D eigenvalue weighted by molar-refractivity contribution is 5.65. The Morgan fingerprint density at radius 3 is 2.43 bits per heavy atom. The predicted molar refractivity (Wildman–Crippen MR) is 81.7 cm³/mol. The minimum atomic E-state index is -0.248. The van der Waals surface area contributed by atoms with E-state index in [-0.39, 0.29) is 5.82 Å². The van der Waals surface area contributed by atoms with Crippen molar-refractivity contribution in [3.05, 3.63) is 72.2 Å². The number of benzene rings is 2. The molecule has 0 saturated carbocycles. The molecule has 0 amide bonds. The first-order valence-electron chi connectivity index (χ1n) is 6.82. The first kappa shape index (κ1) is 13.5. The fraction of sp³-hybridized carbons (Fsp3) is 0.118. The lowest BCUT2D eigenvalue weighted by molar-refractivity contribution is 0.627. The maximum absolute atomic E-state index is 13.1. The van der Waals surface area contributed by atoms with Gasteiger partial charge in [0.05, 0.1) is 17.6 Å². The van der Waals surface area contributed by atoms with Gasteiger partial charge in [-0.15, -0.1) is 0 Å². The molecule has 0 fully saturated rings. The van der Waals surface area contributed by atoms with E-state index in [2.05, 4.69) is 22.5 Å². The van der Waals surface area contributed by atoms with Crippen molar-refractivity contribution < 1.29 is 4.39 Å². The number of halogens is 1. The van der Waals surface area contributed by atoms with Crippen molar-refractivity contribution >= 4 is 0 Å². The van der Waals surface area contributed by atoms with Gasteiger partial charge in [-0.1, -0.05) is 30.3 Å². The molecule has 2 aromatic carbocycles. The normalized spacial score (nSPS) is 10.8. The van der Waals surface area contributed by atoms with E-state index in [9.17, 15) is 4.39 Å². The lowest BCUT2D eigenvalue weighted by Gasteiger charge is -2.10. The van der Waals surface area contributed by atoms with E-state index < -0.39 is 0 Å². The molecule has 0 saturated heterocycles. The van der Waals surface area contributed by atoms with Crippen LogP contribution in [0.3, 0.4) is 0 Å². The second-order valence-electron chi connectivity index (χ2n) is 4.80. The van der Waals surface area contributed by atoms with Gasteiger partial charge in [-0.05, 0) is 31.3 Å². The van der Waals surface area contributed by atoms with Gasteiger partial charge in [-0.25, -0.2) is 9.07 Å². The Balaban J connectivity index is 2.15. The van der Waals surface area contributed by atoms with E-state index in [1.807, 2.05) is 36.1 Å². The van der Waals surface area contributed by atoms with Crippen LogP contribution in [0.5, 0.6) is 0 Å². The minimum Gasteiger partial charge on any atom is -0.316 e. The van der Waals surface area contributed by atoms with Crippen LogP contribution >= 0.6 is 0 Å². The zero-order valence-corrected chi connectivity index (χ0v) is 11.8. The molecule has 1 N–H and O–H groups in total. The summed E-state index contributed by atoms with van der Waals surface area (Å²) in [5.41, 5.74) is 4.06. The highest BCUT2D eigenvalue weighted by atomic mass is 19.1. The smallest absolute Gasteiger partial charge is 0.123 e. The molecular weight excluding hydrogens is 265 g/mol. The van der Waals surface area contributed by atoms with E-state index in [0.29, 0.717) is 0 Å². The zero-order valence-electron chi connectivity index (χ0n) is 11.8. The molecule has 1 heterocycles. The number of hydrogen-bond acceptors (Lipinski definition) is 2. The molecule has 3 aromatic rings. The van der Waals surface area contributed by atoms with Crippen LogP contribution in [0, 0.1) is 5.82 Å². The lowest BCUT2D eigenvalue weighted by atomic mass is 10.1. The maximum Gasteiger partial charge on any atom is 0.123 e. The molecule has 0 atom stereocenters. The zero-order chi connectivity index (χ0) is 14.7. The fourth-order valence-electron chi connectivity index (χ4n) is 2.38. The molecule has 0 aliphatic carbocycles. The molecule has 0 radical (unpaired) electrons. The van der Waals surface area contributed by atoms with Crippen molar-refractivity contribution in [2.24, 2.45) is 0 Å². The summed E-state index contributed by atoms with van der Waals surface area (Å²) in [4.78, 5) is 0. The quantitative estimate of drug-likeness (QED) is 0.794. The van der Waals surface area contributed by atoms with Crippen molar-refractivity contribution in [1.82, 2.24) is 15.1 Å². The largest absolute Gasteiger partial charge is 0.316 e. The van der Waals surface area contributed by atoms with Gasteiger partial charge in [0.2, 0.25) is 0 Å². The third kappa shape index (κ3) is 2.71. The minimum absolute atomic E-state index is 0.248. The summed E-state index contributed by atoms with van der Waals surface area (Å²) >= 11 is 0. The van der Waals surface area contributed by atoms with Gasteiger partial charge < -0.3 is 5.32 Å². The Labute approximate surface area is 123 Å². The number of aromatic nitrogens is 2. The molecule has 0 bridgehead atoms. The van der Waals surface area contributed by atoms with Crippen LogP contribution in [0.25, 0.3) is 16.9 Å². The van der Waals surface area contributed by atoms with Crippen molar-refractivity contribution in [1.29, 1.82) is 0 Å². The van der Waals surface area contributed by atoms with Crippen molar-refractivity contribution in [2.75, 3.05) is 7.05 Å². The van der Waals surface area contributed by atoms with Gasteiger partial charge in [0, 0.05) is 17.7 Å². The number of nitrogens with one attached hydrogen (secondary N) is 1. The Hall–Kier alpha value is -2.46. The fourth-order valence-corrected chi connectivity index (χ4v) is 2.38. The van der Waals surface area contributed by atoms with Crippen LogP contribution < -0.4 is 5.32 Å². The van der Waals surface area contributed by atoms with Crippen LogP contribution in [-0.4, -0.2) is 16.8 Å². The lowest BCUT2D eigenvalue weighted by Crippen LogP contribution is -2.06. The number of nitrogens with zero attached hydrogens (tertiary/aromatic N) is 2. The summed E-state index contributed by atoms with van der Waals surface area (Å²) in [5, 5.41) is 7.62. The van der Waals surface area contributed by atoms with Gasteiger partial charge in [0.15, 0.2) is 0 Å². The van der Waals surface area contributed by atoms with Crippen LogP contribution in [0.1, 0.15) is 5.56 Å². The van der Waals surface area contributed by atoms with Gasteiger partial charge in [0.25, 0.3) is 0 Å². The number of hydrogen-bond donors (Lipinski definition) is 1. The SMILES string of the molecule is CNCc1cnn(-c2ccc(F)cc2)c1-c1ccccc1. The maximum atomic E-state index is 13.1. The third-order valence-corrected chi connectivity index (χ3v) is 3.33. The van der Waals surface area contributed by atoms with Crippen LogP contribution in [0.15, 0.2) is 60.8 Å². The predicted octanol–water partition coefficient (Wildman–Crippen LogP) is 3.40. The van der Waals surface area contributed by atoms with E-state index in [1.165, 1.54) is 12.1 Å². The molecule has 1 aromatic heterocycles. The average Bonchev–Trinajstić information content (AvgIpc) is 2.93. The Morgan fingerprint density at radius 2 is 1.76 bits per heavy atom. The second-order valence-corrected chi connectivity index (χ2v) is 4.80. The third-order valence-electron chi connectivity index (χ3n) is 3.33. The average molecular weight is 281 g/mol. The summed E-state index contributed by atoms with van der Waals surface area (Å²) < 4.78 is 15.0. The van der Waals surface area contributed by atoms with Crippen LogP contribution in [0.4, 0.5) is 4.39 Å². The van der Waals surface area contributed by atoms with E-state index in [0.717, 1.165) is 29.1 Å². The molecule has 106 valence electrons. The van der Waals surface area contributed by atoms with Gasteiger partial charge >= 0.3 is 0 Å². The molecule has 3 nitrogen and oxygen atoms in total. The van der Waals surface area contributed by atoms with Crippen molar-refractivity contribution in [2.45, 2.75) is 6.54 Å². The topological polar surface area (TPSA) is 29.9 Å². The summed E-state index contributed by atoms with van der Waals surface area (Å²) in [5.74, 6) is -0.248. The molecule has 0 aliphatic heterocycles. The van der Waals surface area contributed by atoms with E-state index >= 15 is 0 Å². The van der Waals surface area contributed by atoms with Crippen molar-refractivity contribution in [3.63, 3.8) is 0 Å². The summed E-state index contributed by atoms with van der Waals surface area (Å²) in [6.07, 6.45) is 1.85. The van der Waals surface area contributed by atoms with E-state index in [4.69, 9.17) is 0 Å². The highest BCUT2D eigenvalue weighted by Gasteiger charge is 2.13. The molecule has 0 unspecified atom stereocenters. The number of rotatable bonds is 4. The molecule has 21 heavy (non-hydrogen) atoms. The molecule has 0 aliphatic rings. The van der Waals surface area contributed by atoms with Gasteiger partial charge in [-0.3, -0.25) is 0 Å². The Morgan fingerprint density at radius 1 is 1.05 bits per heavy atom. The second kappa shape index (κ2) is 5.89. The first-order chi connectivity index (χ1) is 10.3. The first-order valence-corrected chi connectivity index (χ1v) is 6.82. The highest BCUT2D eigenvalue weighted by Crippen LogP contribution is 2.26. The van der Waals surface area contributed by atoms with Crippen LogP contribution in [0.2, 0.25) is 0 Å². The van der Waals surface area contributed by atoms with Gasteiger partial charge in [-0.2, -0.15) is 5.10 Å². The van der Waals surface area contributed by atoms with Gasteiger partial charge in [0.1, 0.15) is 5.82 Å². The standard InChI is InChI=1S/C17H16FN3/c1-19-11-14-12-20-21(16-9-7-15(18)8-10-16)17(14)13-5-3-2-4-6-13/h2-10,12,19H,11H2,1H3. The summed E-state index contributed by atoms with van der Waals surface area (Å²) in [6.45, 7) is 0.728. The van der Waals surface area contributed by atoms with E-state index in [1.54, 1.807) is 12.1 Å². The summed E-state index contributed by atoms with van der Waals surface area (Å²) in [6, 6.07) is 16.5. The van der Waals surface area contributed by atoms with Crippen molar-refractivity contribution in [3.8, 4) is 16.9 Å². The monoisotopic (exact) mass is 281 g/mol. The molecule has 3 rings (SSSR count). The van der Waals surface area contributed by atoms with Crippen LogP contribution in [-0.2, 0) is 6.54 Å². The Kier molecular flexibility index (Phi) is 3.79.